The topological polar surface area (TPSA) is 149 Å². The fraction of sp³-hybridized carbons (Fsp3) is 0.732. The molecule has 9 nitrogen and oxygen atoms in total. The van der Waals surface area contributed by atoms with Crippen molar-refractivity contribution < 1.29 is 39.8 Å². The summed E-state index contributed by atoms with van der Waals surface area (Å²) in [6.07, 6.45) is 56.4. The summed E-state index contributed by atoms with van der Waals surface area (Å²) in [6, 6.07) is -0.809. The summed E-state index contributed by atoms with van der Waals surface area (Å²) < 4.78 is 11.2. The number of carbonyl (C=O) groups excluding carboxylic acids is 1. The predicted molar refractivity (Wildman–Crippen MR) is 271 cm³/mol. The normalized spacial score (nSPS) is 20.6. The number of hydrogen-bond acceptors (Lipinski definition) is 8. The maximum absolute atomic E-state index is 13.0. The zero-order valence-electron chi connectivity index (χ0n) is 41.2. The van der Waals surface area contributed by atoms with Crippen molar-refractivity contribution in [1.29, 1.82) is 0 Å². The molecule has 0 aromatic carbocycles. The van der Waals surface area contributed by atoms with E-state index in [1.54, 1.807) is 6.08 Å². The summed E-state index contributed by atoms with van der Waals surface area (Å²) in [4.78, 5) is 13.0. The van der Waals surface area contributed by atoms with Crippen LogP contribution < -0.4 is 5.32 Å². The van der Waals surface area contributed by atoms with Crippen LogP contribution in [0.3, 0.4) is 0 Å². The van der Waals surface area contributed by atoms with Crippen LogP contribution in [0, 0.1) is 0 Å². The molecule has 1 saturated heterocycles. The molecule has 0 aromatic rings. The minimum absolute atomic E-state index is 0.184. The largest absolute Gasteiger partial charge is 0.394 e. The van der Waals surface area contributed by atoms with Crippen molar-refractivity contribution in [2.24, 2.45) is 0 Å². The van der Waals surface area contributed by atoms with Gasteiger partial charge in [0.25, 0.3) is 0 Å². The van der Waals surface area contributed by atoms with Crippen LogP contribution in [0.25, 0.3) is 0 Å². The van der Waals surface area contributed by atoms with Gasteiger partial charge in [-0.2, -0.15) is 0 Å². The summed E-state index contributed by atoms with van der Waals surface area (Å²) in [5, 5.41) is 54.2. The summed E-state index contributed by atoms with van der Waals surface area (Å²) in [6.45, 7) is 3.63. The lowest BCUT2D eigenvalue weighted by atomic mass is 9.99. The van der Waals surface area contributed by atoms with Crippen molar-refractivity contribution >= 4 is 5.91 Å². The van der Waals surface area contributed by atoms with Crippen LogP contribution in [0.15, 0.2) is 85.1 Å². The van der Waals surface area contributed by atoms with E-state index in [1.807, 2.05) is 6.08 Å². The van der Waals surface area contributed by atoms with Gasteiger partial charge in [-0.05, 0) is 70.6 Å². The smallest absolute Gasteiger partial charge is 0.220 e. The Morgan fingerprint density at radius 1 is 0.538 bits per heavy atom. The molecule has 0 spiro atoms. The molecule has 1 aliphatic heterocycles. The number of ether oxygens (including phenoxy) is 2. The van der Waals surface area contributed by atoms with Gasteiger partial charge in [-0.25, -0.2) is 0 Å². The van der Waals surface area contributed by atoms with Gasteiger partial charge in [0.2, 0.25) is 5.91 Å². The fourth-order valence-corrected chi connectivity index (χ4v) is 7.81. The lowest BCUT2D eigenvalue weighted by Gasteiger charge is -2.40. The van der Waals surface area contributed by atoms with E-state index in [1.165, 1.54) is 109 Å². The molecule has 1 amide bonds. The Bertz CT molecular complexity index is 1290. The highest BCUT2D eigenvalue weighted by atomic mass is 16.7. The van der Waals surface area contributed by atoms with E-state index in [2.05, 4.69) is 92.1 Å². The van der Waals surface area contributed by atoms with Gasteiger partial charge in [0.05, 0.1) is 25.4 Å². The van der Waals surface area contributed by atoms with Gasteiger partial charge in [0, 0.05) is 6.42 Å². The van der Waals surface area contributed by atoms with Crippen LogP contribution in [-0.2, 0) is 14.3 Å². The molecule has 7 unspecified atom stereocenters. The number of unbranched alkanes of at least 4 members (excludes halogenated alkanes) is 21. The van der Waals surface area contributed by atoms with Crippen molar-refractivity contribution in [3.8, 4) is 0 Å². The Kier molecular flexibility index (Phi) is 42.0. The average Bonchev–Trinajstić information content (AvgIpc) is 3.31. The molecule has 6 N–H and O–H groups in total. The number of nitrogens with one attached hydrogen (secondary N) is 1. The SMILES string of the molecule is CC/C=C\C/C=C\C/C=C\C/C=C\C/C=C\C/C=C\CCCCCCCCCCCCCCC(=O)NC(COC1OC(CO)C(O)C(O)C1O)C(O)/C=C/CCCCCCCCCCC. The number of rotatable bonds is 43. The van der Waals surface area contributed by atoms with Gasteiger partial charge in [-0.15, -0.1) is 0 Å². The molecule has 0 aliphatic carbocycles. The molecule has 0 aromatic heterocycles. The number of allylic oxidation sites excluding steroid dienone is 13. The molecule has 7 atom stereocenters. The monoisotopic (exact) mass is 912 g/mol. The van der Waals surface area contributed by atoms with E-state index in [4.69, 9.17) is 9.47 Å². The number of hydrogen-bond donors (Lipinski definition) is 6. The van der Waals surface area contributed by atoms with Crippen molar-refractivity contribution in [2.45, 2.75) is 249 Å². The minimum atomic E-state index is -1.57. The molecule has 9 heteroatoms. The molecule has 0 saturated carbocycles. The van der Waals surface area contributed by atoms with Crippen LogP contribution >= 0.6 is 0 Å². The first-order valence-electron chi connectivity index (χ1n) is 26.3. The van der Waals surface area contributed by atoms with Crippen LogP contribution in [0.4, 0.5) is 0 Å². The molecule has 1 rings (SSSR count). The summed E-state index contributed by atoms with van der Waals surface area (Å²) in [7, 11) is 0. The van der Waals surface area contributed by atoms with Gasteiger partial charge in [-0.3, -0.25) is 4.79 Å². The maximum Gasteiger partial charge on any atom is 0.220 e. The van der Waals surface area contributed by atoms with Crippen molar-refractivity contribution in [2.75, 3.05) is 13.2 Å². The minimum Gasteiger partial charge on any atom is -0.394 e. The van der Waals surface area contributed by atoms with E-state index in [-0.39, 0.29) is 12.5 Å². The standard InChI is InChI=1S/C56H97NO8/c1-3-5-7-9-11-13-15-16-17-18-19-20-21-22-23-24-25-26-27-28-29-30-31-32-33-34-36-38-40-42-44-46-52(60)57-49(48-64-56-55(63)54(62)53(61)51(47-58)65-56)50(59)45-43-41-39-37-35-14-12-10-8-6-4-2/h5,7,11,13,16-17,19-20,22-23,25-26,43,45,49-51,53-56,58-59,61-63H,3-4,6,8-10,12,14-15,18,21,24,27-42,44,46-48H2,1-2H3,(H,57,60)/b7-5-,13-11-,17-16-,20-19-,23-22-,26-25-,45-43+. The van der Waals surface area contributed by atoms with Crippen LogP contribution in [0.5, 0.6) is 0 Å². The van der Waals surface area contributed by atoms with Crippen LogP contribution in [-0.4, -0.2) is 87.5 Å². The Labute approximate surface area is 397 Å². The molecule has 374 valence electrons. The highest BCUT2D eigenvalue weighted by Crippen LogP contribution is 2.23. The van der Waals surface area contributed by atoms with E-state index in [9.17, 15) is 30.3 Å². The van der Waals surface area contributed by atoms with Gasteiger partial charge < -0.3 is 40.3 Å². The number of aliphatic hydroxyl groups excluding tert-OH is 5. The molecule has 1 aliphatic rings. The molecular weight excluding hydrogens is 815 g/mol. The van der Waals surface area contributed by atoms with Crippen molar-refractivity contribution in [3.05, 3.63) is 85.1 Å². The third-order valence-electron chi connectivity index (χ3n) is 12.0. The van der Waals surface area contributed by atoms with Crippen LogP contribution in [0.2, 0.25) is 0 Å². The van der Waals surface area contributed by atoms with Gasteiger partial charge in [0.15, 0.2) is 6.29 Å². The lowest BCUT2D eigenvalue weighted by molar-refractivity contribution is -0.302. The molecule has 0 bridgehead atoms. The Hall–Kier alpha value is -2.63. The molecular formula is C56H97NO8. The van der Waals surface area contributed by atoms with Gasteiger partial charge in [0.1, 0.15) is 24.4 Å². The highest BCUT2D eigenvalue weighted by Gasteiger charge is 2.44. The Balaban J connectivity index is 2.18. The van der Waals surface area contributed by atoms with E-state index in [0.29, 0.717) is 6.42 Å². The summed E-state index contributed by atoms with van der Waals surface area (Å²) in [5.74, 6) is -0.184. The number of carbonyl (C=O) groups is 1. The molecule has 0 radical (unpaired) electrons. The molecule has 1 fully saturated rings. The third kappa shape index (κ3) is 35.2. The third-order valence-corrected chi connectivity index (χ3v) is 12.0. The van der Waals surface area contributed by atoms with Crippen molar-refractivity contribution in [1.82, 2.24) is 5.32 Å². The Morgan fingerprint density at radius 3 is 1.42 bits per heavy atom. The maximum atomic E-state index is 13.0. The summed E-state index contributed by atoms with van der Waals surface area (Å²) in [5.41, 5.74) is 0. The first-order valence-corrected chi connectivity index (χ1v) is 26.3. The predicted octanol–water partition coefficient (Wildman–Crippen LogP) is 12.3. The average molecular weight is 912 g/mol. The number of amides is 1. The van der Waals surface area contributed by atoms with E-state index in [0.717, 1.165) is 77.0 Å². The van der Waals surface area contributed by atoms with Gasteiger partial charge >= 0.3 is 0 Å². The zero-order valence-corrected chi connectivity index (χ0v) is 41.2. The second kappa shape index (κ2) is 45.2. The first kappa shape index (κ1) is 60.4. The van der Waals surface area contributed by atoms with Gasteiger partial charge in [-0.1, -0.05) is 214 Å². The quantitative estimate of drug-likeness (QED) is 0.0262. The fourth-order valence-electron chi connectivity index (χ4n) is 7.81. The van der Waals surface area contributed by atoms with E-state index < -0.39 is 49.5 Å². The first-order chi connectivity index (χ1) is 31.8. The van der Waals surface area contributed by atoms with E-state index >= 15 is 0 Å². The van der Waals surface area contributed by atoms with Crippen LogP contribution in [0.1, 0.15) is 206 Å². The second-order valence-corrected chi connectivity index (χ2v) is 17.9. The summed E-state index contributed by atoms with van der Waals surface area (Å²) >= 11 is 0. The highest BCUT2D eigenvalue weighted by molar-refractivity contribution is 5.76. The number of aliphatic hydroxyl groups is 5. The molecule has 1 heterocycles. The lowest BCUT2D eigenvalue weighted by Crippen LogP contribution is -2.60. The molecule has 65 heavy (non-hydrogen) atoms. The zero-order chi connectivity index (χ0) is 47.3. The second-order valence-electron chi connectivity index (χ2n) is 17.9. The Morgan fingerprint density at radius 2 is 0.954 bits per heavy atom. The van der Waals surface area contributed by atoms with Crippen molar-refractivity contribution in [3.63, 3.8) is 0 Å².